The summed E-state index contributed by atoms with van der Waals surface area (Å²) >= 11 is 0. The van der Waals surface area contributed by atoms with Crippen molar-refractivity contribution in [3.05, 3.63) is 0 Å². The first-order chi connectivity index (χ1) is 5.79. The van der Waals surface area contributed by atoms with Gasteiger partial charge in [0.15, 0.2) is 0 Å². The Morgan fingerprint density at radius 2 is 1.92 bits per heavy atom. The van der Waals surface area contributed by atoms with Crippen LogP contribution >= 0.6 is 0 Å². The average molecular weight is 170 g/mol. The molecule has 1 heteroatoms. The van der Waals surface area contributed by atoms with Crippen LogP contribution in [0, 0.1) is 5.92 Å². The number of aliphatic hydroxyl groups excluding tert-OH is 1. The second-order valence-electron chi connectivity index (χ2n) is 4.28. The van der Waals surface area contributed by atoms with Crippen molar-refractivity contribution in [3.8, 4) is 0 Å². The first-order valence-corrected chi connectivity index (χ1v) is 5.47. The van der Waals surface area contributed by atoms with Gasteiger partial charge in [-0.15, -0.1) is 0 Å². The van der Waals surface area contributed by atoms with Crippen molar-refractivity contribution in [1.29, 1.82) is 0 Å². The van der Waals surface area contributed by atoms with Gasteiger partial charge < -0.3 is 5.11 Å². The standard InChI is InChI=1S/C11H22O/c1-10(12)6-2-3-7-11-8-4-5-9-11/h10-12H,2-9H2,1H3/t10-/m0/s1. The quantitative estimate of drug-likeness (QED) is 0.628. The highest BCUT2D eigenvalue weighted by molar-refractivity contribution is 4.67. The van der Waals surface area contributed by atoms with Gasteiger partial charge in [-0.2, -0.15) is 0 Å². The Bertz CT molecular complexity index is 104. The Balaban J connectivity index is 1.88. The minimum absolute atomic E-state index is 0.0893. The molecule has 0 bridgehead atoms. The first-order valence-electron chi connectivity index (χ1n) is 5.47. The zero-order valence-electron chi connectivity index (χ0n) is 8.26. The smallest absolute Gasteiger partial charge is 0.0512 e. The third-order valence-corrected chi connectivity index (χ3v) is 2.96. The molecule has 1 nitrogen and oxygen atoms in total. The highest BCUT2D eigenvalue weighted by Gasteiger charge is 2.13. The van der Waals surface area contributed by atoms with Gasteiger partial charge in [-0.05, 0) is 19.3 Å². The highest BCUT2D eigenvalue weighted by Crippen LogP contribution is 2.29. The van der Waals surface area contributed by atoms with Crippen LogP contribution in [-0.2, 0) is 0 Å². The van der Waals surface area contributed by atoms with Gasteiger partial charge >= 0.3 is 0 Å². The van der Waals surface area contributed by atoms with Gasteiger partial charge in [0.1, 0.15) is 0 Å². The normalized spacial score (nSPS) is 21.5. The number of rotatable bonds is 5. The van der Waals surface area contributed by atoms with Crippen molar-refractivity contribution in [2.75, 3.05) is 0 Å². The Kier molecular flexibility index (Phi) is 4.67. The summed E-state index contributed by atoms with van der Waals surface area (Å²) in [5, 5.41) is 9.04. The van der Waals surface area contributed by atoms with Crippen molar-refractivity contribution >= 4 is 0 Å². The second kappa shape index (κ2) is 5.58. The third-order valence-electron chi connectivity index (χ3n) is 2.96. The third kappa shape index (κ3) is 4.10. The van der Waals surface area contributed by atoms with E-state index in [1.165, 1.54) is 44.9 Å². The zero-order valence-corrected chi connectivity index (χ0v) is 8.26. The molecule has 0 spiro atoms. The first kappa shape index (κ1) is 10.0. The maximum Gasteiger partial charge on any atom is 0.0512 e. The van der Waals surface area contributed by atoms with E-state index in [0.717, 1.165) is 12.3 Å². The lowest BCUT2D eigenvalue weighted by Gasteiger charge is -2.08. The van der Waals surface area contributed by atoms with Crippen LogP contribution in [-0.4, -0.2) is 11.2 Å². The Morgan fingerprint density at radius 1 is 1.25 bits per heavy atom. The number of aliphatic hydroxyl groups is 1. The molecule has 0 saturated heterocycles. The SMILES string of the molecule is C[C@H](O)CCCCC1CCCC1. The fourth-order valence-corrected chi connectivity index (χ4v) is 2.17. The topological polar surface area (TPSA) is 20.2 Å². The molecule has 0 unspecified atom stereocenters. The summed E-state index contributed by atoms with van der Waals surface area (Å²) in [6, 6.07) is 0. The lowest BCUT2D eigenvalue weighted by atomic mass is 9.99. The van der Waals surface area contributed by atoms with Crippen LogP contribution < -0.4 is 0 Å². The molecule has 1 rings (SSSR count). The van der Waals surface area contributed by atoms with Crippen LogP contribution in [0.15, 0.2) is 0 Å². The van der Waals surface area contributed by atoms with E-state index in [1.807, 2.05) is 6.92 Å². The van der Waals surface area contributed by atoms with Gasteiger partial charge in [-0.25, -0.2) is 0 Å². The van der Waals surface area contributed by atoms with Crippen LogP contribution in [0.4, 0.5) is 0 Å². The van der Waals surface area contributed by atoms with Crippen LogP contribution in [0.5, 0.6) is 0 Å². The summed E-state index contributed by atoms with van der Waals surface area (Å²) < 4.78 is 0. The van der Waals surface area contributed by atoms with E-state index in [0.29, 0.717) is 0 Å². The molecule has 0 aromatic rings. The molecule has 1 atom stereocenters. The summed E-state index contributed by atoms with van der Waals surface area (Å²) in [7, 11) is 0. The predicted octanol–water partition coefficient (Wildman–Crippen LogP) is 3.12. The van der Waals surface area contributed by atoms with Crippen LogP contribution in [0.1, 0.15) is 58.3 Å². The molecule has 0 radical (unpaired) electrons. The molecule has 1 N–H and O–H groups in total. The van der Waals surface area contributed by atoms with E-state index >= 15 is 0 Å². The van der Waals surface area contributed by atoms with E-state index in [4.69, 9.17) is 5.11 Å². The molecule has 0 aromatic heterocycles. The molecule has 1 fully saturated rings. The fourth-order valence-electron chi connectivity index (χ4n) is 2.17. The number of unbranched alkanes of at least 4 members (excludes halogenated alkanes) is 1. The van der Waals surface area contributed by atoms with E-state index in [-0.39, 0.29) is 6.10 Å². The molecule has 12 heavy (non-hydrogen) atoms. The van der Waals surface area contributed by atoms with Crippen molar-refractivity contribution in [2.45, 2.75) is 64.4 Å². The molecular formula is C11H22O. The molecule has 0 aliphatic heterocycles. The van der Waals surface area contributed by atoms with Crippen molar-refractivity contribution < 1.29 is 5.11 Å². The summed E-state index contributed by atoms with van der Waals surface area (Å²) in [5.74, 6) is 1.03. The summed E-state index contributed by atoms with van der Waals surface area (Å²) in [6.07, 6.45) is 10.7. The van der Waals surface area contributed by atoms with E-state index in [9.17, 15) is 0 Å². The molecule has 0 heterocycles. The van der Waals surface area contributed by atoms with Crippen LogP contribution in [0.25, 0.3) is 0 Å². The minimum atomic E-state index is -0.0893. The Morgan fingerprint density at radius 3 is 2.50 bits per heavy atom. The lowest BCUT2D eigenvalue weighted by Crippen LogP contribution is -1.99. The molecule has 1 aliphatic rings. The van der Waals surface area contributed by atoms with Gasteiger partial charge in [0, 0.05) is 0 Å². The minimum Gasteiger partial charge on any atom is -0.393 e. The Hall–Kier alpha value is -0.0400. The zero-order chi connectivity index (χ0) is 8.81. The predicted molar refractivity (Wildman–Crippen MR) is 52.1 cm³/mol. The van der Waals surface area contributed by atoms with Gasteiger partial charge in [0.2, 0.25) is 0 Å². The van der Waals surface area contributed by atoms with E-state index in [1.54, 1.807) is 0 Å². The number of hydrogen-bond donors (Lipinski definition) is 1. The van der Waals surface area contributed by atoms with Crippen molar-refractivity contribution in [3.63, 3.8) is 0 Å². The number of hydrogen-bond acceptors (Lipinski definition) is 1. The Labute approximate surface area is 76.2 Å². The van der Waals surface area contributed by atoms with E-state index < -0.39 is 0 Å². The molecule has 0 amide bonds. The molecule has 0 aromatic carbocycles. The molecule has 1 saturated carbocycles. The monoisotopic (exact) mass is 170 g/mol. The van der Waals surface area contributed by atoms with E-state index in [2.05, 4.69) is 0 Å². The fraction of sp³-hybridized carbons (Fsp3) is 1.00. The summed E-state index contributed by atoms with van der Waals surface area (Å²) in [6.45, 7) is 1.88. The summed E-state index contributed by atoms with van der Waals surface area (Å²) in [5.41, 5.74) is 0. The second-order valence-corrected chi connectivity index (χ2v) is 4.28. The van der Waals surface area contributed by atoms with Crippen molar-refractivity contribution in [1.82, 2.24) is 0 Å². The van der Waals surface area contributed by atoms with Gasteiger partial charge in [0.05, 0.1) is 6.10 Å². The van der Waals surface area contributed by atoms with Crippen LogP contribution in [0.3, 0.4) is 0 Å². The highest BCUT2D eigenvalue weighted by atomic mass is 16.3. The van der Waals surface area contributed by atoms with Crippen LogP contribution in [0.2, 0.25) is 0 Å². The summed E-state index contributed by atoms with van der Waals surface area (Å²) in [4.78, 5) is 0. The maximum absolute atomic E-state index is 9.04. The van der Waals surface area contributed by atoms with Gasteiger partial charge in [-0.3, -0.25) is 0 Å². The largest absolute Gasteiger partial charge is 0.393 e. The molecule has 1 aliphatic carbocycles. The molecule has 72 valence electrons. The lowest BCUT2D eigenvalue weighted by molar-refractivity contribution is 0.179. The maximum atomic E-state index is 9.04. The van der Waals surface area contributed by atoms with Gasteiger partial charge in [-0.1, -0.05) is 44.9 Å². The molecular weight excluding hydrogens is 148 g/mol. The average Bonchev–Trinajstić information content (AvgIpc) is 2.49. The van der Waals surface area contributed by atoms with Crippen molar-refractivity contribution in [2.24, 2.45) is 5.92 Å². The van der Waals surface area contributed by atoms with Gasteiger partial charge in [0.25, 0.3) is 0 Å².